The molecule has 2 saturated carbocycles. The van der Waals surface area contributed by atoms with Crippen molar-refractivity contribution < 1.29 is 19.0 Å². The first-order chi connectivity index (χ1) is 11.5. The molecule has 0 aromatic carbocycles. The summed E-state index contributed by atoms with van der Waals surface area (Å²) in [5.74, 6) is 0.733. The van der Waals surface area contributed by atoms with Gasteiger partial charge in [0.15, 0.2) is 6.29 Å². The first-order valence-corrected chi connectivity index (χ1v) is 9.13. The normalized spacial score (nSPS) is 38.8. The first-order valence-electron chi connectivity index (χ1n) is 9.13. The SMILES string of the molecule is C=C1CCC[C@]2(C)C[C@H]3OC(=O)[C@H](CNCC(OC)OC)[C@H]3C[C@@H]12. The summed E-state index contributed by atoms with van der Waals surface area (Å²) < 4.78 is 16.1. The van der Waals surface area contributed by atoms with Crippen molar-refractivity contribution in [2.24, 2.45) is 23.2 Å². The molecule has 0 radical (unpaired) electrons. The lowest BCUT2D eigenvalue weighted by atomic mass is 9.55. The molecule has 1 saturated heterocycles. The maximum absolute atomic E-state index is 12.4. The fourth-order valence-electron chi connectivity index (χ4n) is 5.11. The lowest BCUT2D eigenvalue weighted by Crippen LogP contribution is -2.45. The summed E-state index contributed by atoms with van der Waals surface area (Å²) in [4.78, 5) is 12.4. The minimum atomic E-state index is -0.286. The van der Waals surface area contributed by atoms with E-state index in [0.717, 1.165) is 19.3 Å². The number of methoxy groups -OCH3 is 2. The van der Waals surface area contributed by atoms with E-state index in [-0.39, 0.29) is 29.7 Å². The molecule has 0 amide bonds. The van der Waals surface area contributed by atoms with E-state index in [1.165, 1.54) is 18.4 Å². The highest BCUT2D eigenvalue weighted by molar-refractivity contribution is 5.75. The van der Waals surface area contributed by atoms with Gasteiger partial charge in [-0.2, -0.15) is 0 Å². The second-order valence-corrected chi connectivity index (χ2v) is 7.96. The van der Waals surface area contributed by atoms with Gasteiger partial charge in [0.2, 0.25) is 0 Å². The van der Waals surface area contributed by atoms with Crippen LogP contribution in [0.4, 0.5) is 0 Å². The van der Waals surface area contributed by atoms with Gasteiger partial charge >= 0.3 is 5.97 Å². The molecule has 3 aliphatic rings. The zero-order valence-corrected chi connectivity index (χ0v) is 15.2. The van der Waals surface area contributed by atoms with Crippen LogP contribution in [-0.2, 0) is 19.0 Å². The quantitative estimate of drug-likeness (QED) is 0.458. The molecule has 2 aliphatic carbocycles. The molecule has 5 heteroatoms. The van der Waals surface area contributed by atoms with Gasteiger partial charge in [-0.05, 0) is 43.4 Å². The highest BCUT2D eigenvalue weighted by Gasteiger charge is 2.54. The summed E-state index contributed by atoms with van der Waals surface area (Å²) in [5, 5.41) is 3.31. The third-order valence-corrected chi connectivity index (χ3v) is 6.52. The lowest BCUT2D eigenvalue weighted by Gasteiger charge is -2.50. The van der Waals surface area contributed by atoms with E-state index in [1.807, 2.05) is 0 Å². The predicted octanol–water partition coefficient (Wildman–Crippen LogP) is 2.51. The summed E-state index contributed by atoms with van der Waals surface area (Å²) >= 11 is 0. The van der Waals surface area contributed by atoms with Crippen LogP contribution in [-0.4, -0.2) is 45.7 Å². The number of allylic oxidation sites excluding steroid dienone is 1. The molecule has 136 valence electrons. The zero-order chi connectivity index (χ0) is 17.3. The summed E-state index contributed by atoms with van der Waals surface area (Å²) in [6, 6.07) is 0. The van der Waals surface area contributed by atoms with Crippen LogP contribution in [0.2, 0.25) is 0 Å². The van der Waals surface area contributed by atoms with E-state index in [9.17, 15) is 4.79 Å². The lowest BCUT2D eigenvalue weighted by molar-refractivity contribution is -0.146. The molecular weight excluding hydrogens is 306 g/mol. The minimum Gasteiger partial charge on any atom is -0.462 e. The fraction of sp³-hybridized carbons (Fsp3) is 0.842. The van der Waals surface area contributed by atoms with Crippen LogP contribution in [0.25, 0.3) is 0 Å². The van der Waals surface area contributed by atoms with Gasteiger partial charge in [0.05, 0.1) is 5.92 Å². The van der Waals surface area contributed by atoms with Gasteiger partial charge in [-0.3, -0.25) is 4.79 Å². The smallest absolute Gasteiger partial charge is 0.310 e. The van der Waals surface area contributed by atoms with Crippen molar-refractivity contribution in [3.8, 4) is 0 Å². The number of hydrogen-bond donors (Lipinski definition) is 1. The highest BCUT2D eigenvalue weighted by atomic mass is 16.7. The van der Waals surface area contributed by atoms with Crippen molar-refractivity contribution in [2.75, 3.05) is 27.3 Å². The monoisotopic (exact) mass is 337 g/mol. The van der Waals surface area contributed by atoms with Crippen LogP contribution in [0.5, 0.6) is 0 Å². The summed E-state index contributed by atoms with van der Waals surface area (Å²) in [7, 11) is 3.23. The molecule has 1 N–H and O–H groups in total. The molecule has 3 fully saturated rings. The van der Waals surface area contributed by atoms with Gasteiger partial charge in [0, 0.05) is 33.2 Å². The number of carbonyl (C=O) groups excluding carboxylic acids is 1. The van der Waals surface area contributed by atoms with Crippen molar-refractivity contribution in [3.05, 3.63) is 12.2 Å². The molecule has 3 rings (SSSR count). The Morgan fingerprint density at radius 2 is 2.17 bits per heavy atom. The highest BCUT2D eigenvalue weighted by Crippen LogP contribution is 2.56. The van der Waals surface area contributed by atoms with Gasteiger partial charge < -0.3 is 19.5 Å². The second kappa shape index (κ2) is 7.14. The van der Waals surface area contributed by atoms with E-state index in [1.54, 1.807) is 14.2 Å². The first kappa shape index (κ1) is 17.9. The molecule has 0 unspecified atom stereocenters. The topological polar surface area (TPSA) is 56.8 Å². The Hall–Kier alpha value is -0.910. The molecule has 0 spiro atoms. The second-order valence-electron chi connectivity index (χ2n) is 7.96. The van der Waals surface area contributed by atoms with Crippen molar-refractivity contribution in [1.29, 1.82) is 0 Å². The number of fused-ring (bicyclic) bond motifs is 2. The van der Waals surface area contributed by atoms with Gasteiger partial charge in [-0.1, -0.05) is 19.1 Å². The Morgan fingerprint density at radius 3 is 2.88 bits per heavy atom. The Morgan fingerprint density at radius 1 is 1.42 bits per heavy atom. The Bertz CT molecular complexity index is 490. The predicted molar refractivity (Wildman–Crippen MR) is 91.4 cm³/mol. The number of esters is 1. The van der Waals surface area contributed by atoms with Crippen molar-refractivity contribution in [1.82, 2.24) is 5.32 Å². The van der Waals surface area contributed by atoms with Crippen LogP contribution < -0.4 is 5.32 Å². The summed E-state index contributed by atoms with van der Waals surface area (Å²) in [5.41, 5.74) is 1.64. The molecule has 5 atom stereocenters. The number of ether oxygens (including phenoxy) is 3. The van der Waals surface area contributed by atoms with E-state index in [2.05, 4.69) is 18.8 Å². The molecule has 24 heavy (non-hydrogen) atoms. The largest absolute Gasteiger partial charge is 0.462 e. The van der Waals surface area contributed by atoms with Crippen LogP contribution in [0, 0.1) is 23.2 Å². The van der Waals surface area contributed by atoms with Crippen molar-refractivity contribution >= 4 is 5.97 Å². The molecule has 5 nitrogen and oxygen atoms in total. The standard InChI is InChI=1S/C19H31NO4/c1-12-6-5-7-19(2)9-16-13(8-15(12)19)14(18(21)24-16)10-20-11-17(22-3)23-4/h13-17,20H,1,5-11H2,2-4H3/t13-,14-,15+,16-,19-/m1/s1. The maximum Gasteiger partial charge on any atom is 0.310 e. The van der Waals surface area contributed by atoms with E-state index >= 15 is 0 Å². The molecule has 0 aromatic rings. The summed E-state index contributed by atoms with van der Waals surface area (Å²) in [6.07, 6.45) is 5.40. The van der Waals surface area contributed by atoms with E-state index in [0.29, 0.717) is 24.9 Å². The molecule has 0 bridgehead atoms. The zero-order valence-electron chi connectivity index (χ0n) is 15.2. The Kier molecular flexibility index (Phi) is 5.33. The van der Waals surface area contributed by atoms with E-state index in [4.69, 9.17) is 14.2 Å². The number of carbonyl (C=O) groups is 1. The van der Waals surface area contributed by atoms with Crippen LogP contribution in [0.3, 0.4) is 0 Å². The van der Waals surface area contributed by atoms with Crippen molar-refractivity contribution in [2.45, 2.75) is 51.4 Å². The minimum absolute atomic E-state index is 0.0447. The average Bonchev–Trinajstić information content (AvgIpc) is 2.84. The van der Waals surface area contributed by atoms with Gasteiger partial charge in [0.25, 0.3) is 0 Å². The number of hydrogen-bond acceptors (Lipinski definition) is 5. The van der Waals surface area contributed by atoms with Gasteiger partial charge in [-0.15, -0.1) is 0 Å². The summed E-state index contributed by atoms with van der Waals surface area (Å²) in [6.45, 7) is 7.89. The Labute approximate surface area is 145 Å². The van der Waals surface area contributed by atoms with Crippen LogP contribution in [0.15, 0.2) is 12.2 Å². The third-order valence-electron chi connectivity index (χ3n) is 6.52. The van der Waals surface area contributed by atoms with E-state index < -0.39 is 0 Å². The van der Waals surface area contributed by atoms with Crippen LogP contribution in [0.1, 0.15) is 39.0 Å². The molecule has 1 aliphatic heterocycles. The number of rotatable bonds is 6. The van der Waals surface area contributed by atoms with Crippen LogP contribution >= 0.6 is 0 Å². The van der Waals surface area contributed by atoms with Gasteiger partial charge in [0.1, 0.15) is 6.10 Å². The fourth-order valence-corrected chi connectivity index (χ4v) is 5.11. The average molecular weight is 337 g/mol. The van der Waals surface area contributed by atoms with Gasteiger partial charge in [-0.25, -0.2) is 0 Å². The third kappa shape index (κ3) is 3.26. The molecular formula is C19H31NO4. The molecule has 1 heterocycles. The van der Waals surface area contributed by atoms with Crippen molar-refractivity contribution in [3.63, 3.8) is 0 Å². The maximum atomic E-state index is 12.4. The molecule has 0 aromatic heterocycles. The Balaban J connectivity index is 1.64. The number of nitrogens with one attached hydrogen (secondary N) is 1.